The molecule has 2 N–H and O–H groups in total. The van der Waals surface area contributed by atoms with Crippen LogP contribution in [0, 0.1) is 13.8 Å². The van der Waals surface area contributed by atoms with Gasteiger partial charge in [0.25, 0.3) is 0 Å². The van der Waals surface area contributed by atoms with E-state index in [-0.39, 0.29) is 18.8 Å². The maximum Gasteiger partial charge on any atom is 0.586 e. The average molecular weight is 463 g/mol. The van der Waals surface area contributed by atoms with Gasteiger partial charge in [-0.25, -0.2) is 4.98 Å². The summed E-state index contributed by atoms with van der Waals surface area (Å²) < 4.78 is 35.8. The molecule has 34 heavy (non-hydrogen) atoms. The van der Waals surface area contributed by atoms with Crippen LogP contribution in [0.25, 0.3) is 22.2 Å². The molecule has 2 aromatic carbocycles. The molecule has 2 aliphatic rings. The number of alkyl halides is 2. The van der Waals surface area contributed by atoms with Gasteiger partial charge < -0.3 is 19.8 Å². The van der Waals surface area contributed by atoms with E-state index in [0.29, 0.717) is 24.2 Å². The van der Waals surface area contributed by atoms with Gasteiger partial charge in [-0.15, -0.1) is 8.78 Å². The van der Waals surface area contributed by atoms with Crippen LogP contribution in [0.4, 0.5) is 14.6 Å². The van der Waals surface area contributed by atoms with Crippen LogP contribution in [-0.4, -0.2) is 22.2 Å². The quantitative estimate of drug-likeness (QED) is 0.384. The predicted octanol–water partition coefficient (Wildman–Crippen LogP) is 6.08. The zero-order valence-corrected chi connectivity index (χ0v) is 18.5. The Labute approximate surface area is 195 Å². The molecule has 0 atom stereocenters. The molecular formula is C26H23F2N3O3. The molecule has 8 heteroatoms. The van der Waals surface area contributed by atoms with Gasteiger partial charge in [0.15, 0.2) is 11.5 Å². The zero-order chi connectivity index (χ0) is 23.7. The number of rotatable bonds is 4. The van der Waals surface area contributed by atoms with Crippen LogP contribution in [0.15, 0.2) is 54.6 Å². The molecule has 1 amide bonds. The van der Waals surface area contributed by atoms with Crippen LogP contribution in [0.5, 0.6) is 11.5 Å². The molecule has 174 valence electrons. The number of ether oxygens (including phenoxy) is 2. The molecule has 1 saturated carbocycles. The highest BCUT2D eigenvalue weighted by Crippen LogP contribution is 2.52. The zero-order valence-electron chi connectivity index (χ0n) is 18.5. The third-order valence-corrected chi connectivity index (χ3v) is 6.51. The van der Waals surface area contributed by atoms with E-state index < -0.39 is 11.7 Å². The predicted molar refractivity (Wildman–Crippen MR) is 125 cm³/mol. The third-order valence-electron chi connectivity index (χ3n) is 6.51. The minimum atomic E-state index is -3.69. The number of amides is 1. The second-order valence-corrected chi connectivity index (χ2v) is 8.98. The average Bonchev–Trinajstić information content (AvgIpc) is 3.42. The molecule has 4 aromatic rings. The normalized spacial score (nSPS) is 17.1. The fraction of sp³-hybridized carbons (Fsp3) is 0.231. The van der Waals surface area contributed by atoms with Gasteiger partial charge in [-0.3, -0.25) is 4.79 Å². The van der Waals surface area contributed by atoms with E-state index in [1.165, 1.54) is 12.1 Å². The Kier molecular flexibility index (Phi) is 4.27. The van der Waals surface area contributed by atoms with Crippen molar-refractivity contribution in [1.29, 1.82) is 0 Å². The number of hydrogen-bond acceptors (Lipinski definition) is 4. The molecule has 2 aromatic heterocycles. The number of halogens is 2. The fourth-order valence-corrected chi connectivity index (χ4v) is 4.57. The van der Waals surface area contributed by atoms with Crippen LogP contribution in [0.1, 0.15) is 31.1 Å². The molecule has 1 aliphatic heterocycles. The van der Waals surface area contributed by atoms with Gasteiger partial charge in [-0.05, 0) is 74.2 Å². The molecule has 6 rings (SSSR count). The smallest absolute Gasteiger partial charge is 0.395 e. The van der Waals surface area contributed by atoms with Gasteiger partial charge >= 0.3 is 6.29 Å². The summed E-state index contributed by atoms with van der Waals surface area (Å²) in [7, 11) is 0. The summed E-state index contributed by atoms with van der Waals surface area (Å²) in [6.07, 6.45) is -2.47. The van der Waals surface area contributed by atoms with Gasteiger partial charge in [-0.2, -0.15) is 0 Å². The first kappa shape index (κ1) is 20.7. The molecule has 0 bridgehead atoms. The Balaban J connectivity index is 0.00000253. The van der Waals surface area contributed by atoms with Gasteiger partial charge in [0.2, 0.25) is 5.91 Å². The van der Waals surface area contributed by atoms with Crippen molar-refractivity contribution in [3.63, 3.8) is 0 Å². The summed E-state index contributed by atoms with van der Waals surface area (Å²) in [4.78, 5) is 21.3. The number of carbonyl (C=O) groups excluding carboxylic acids is 1. The van der Waals surface area contributed by atoms with Crippen molar-refractivity contribution >= 4 is 22.6 Å². The second kappa shape index (κ2) is 7.03. The molecule has 0 unspecified atom stereocenters. The highest BCUT2D eigenvalue weighted by Gasteiger charge is 2.53. The lowest BCUT2D eigenvalue weighted by atomic mass is 9.94. The molecule has 0 spiro atoms. The summed E-state index contributed by atoms with van der Waals surface area (Å²) in [5.74, 6) is 0.115. The van der Waals surface area contributed by atoms with E-state index in [9.17, 15) is 13.6 Å². The first-order valence-corrected chi connectivity index (χ1v) is 11.0. The van der Waals surface area contributed by atoms with Crippen LogP contribution in [0.3, 0.4) is 0 Å². The second-order valence-electron chi connectivity index (χ2n) is 8.98. The summed E-state index contributed by atoms with van der Waals surface area (Å²) in [5.41, 5.74) is 4.69. The molecule has 3 heterocycles. The number of nitrogens with zero attached hydrogens (tertiary/aromatic N) is 1. The minimum absolute atomic E-state index is 0. The molecule has 6 nitrogen and oxygen atoms in total. The van der Waals surface area contributed by atoms with Crippen molar-refractivity contribution < 1.29 is 24.5 Å². The largest absolute Gasteiger partial charge is 0.586 e. The van der Waals surface area contributed by atoms with Crippen molar-refractivity contribution in [2.24, 2.45) is 0 Å². The van der Waals surface area contributed by atoms with Crippen molar-refractivity contribution in [2.75, 3.05) is 5.32 Å². The molecular weight excluding hydrogens is 440 g/mol. The number of pyridine rings is 1. The molecule has 1 aliphatic carbocycles. The van der Waals surface area contributed by atoms with Crippen LogP contribution >= 0.6 is 0 Å². The van der Waals surface area contributed by atoms with E-state index in [1.54, 1.807) is 12.1 Å². The lowest BCUT2D eigenvalue weighted by Gasteiger charge is -2.17. The van der Waals surface area contributed by atoms with E-state index >= 15 is 0 Å². The maximum absolute atomic E-state index is 13.4. The minimum Gasteiger partial charge on any atom is -0.395 e. The van der Waals surface area contributed by atoms with Crippen LogP contribution in [0.2, 0.25) is 0 Å². The number of H-pyrrole nitrogens is 1. The van der Waals surface area contributed by atoms with E-state index in [1.807, 2.05) is 32.0 Å². The monoisotopic (exact) mass is 463 g/mol. The Hall–Kier alpha value is -3.94. The highest BCUT2D eigenvalue weighted by atomic mass is 19.3. The SMILES string of the molecule is Cc1cc2cc(-c3nc(NC(=O)C4(c5ccc6c(c5)OC(F)(F)O6)CC4)ccc3C)ccc2[nH]1.[HH]. The number of hydrogen-bond donors (Lipinski definition) is 2. The van der Waals surface area contributed by atoms with Crippen molar-refractivity contribution in [1.82, 2.24) is 9.97 Å². The van der Waals surface area contributed by atoms with E-state index in [4.69, 9.17) is 4.98 Å². The van der Waals surface area contributed by atoms with E-state index in [2.05, 4.69) is 31.9 Å². The summed E-state index contributed by atoms with van der Waals surface area (Å²) in [6, 6.07) is 16.4. The number of aromatic amines is 1. The molecule has 0 saturated heterocycles. The third kappa shape index (κ3) is 3.37. The van der Waals surface area contributed by atoms with Crippen molar-refractivity contribution in [3.05, 3.63) is 71.4 Å². The Morgan fingerprint density at radius 1 is 1.03 bits per heavy atom. The Morgan fingerprint density at radius 3 is 2.62 bits per heavy atom. The number of aryl methyl sites for hydroxylation is 2. The van der Waals surface area contributed by atoms with Crippen molar-refractivity contribution in [2.45, 2.75) is 38.4 Å². The number of anilines is 1. The number of fused-ring (bicyclic) bond motifs is 2. The van der Waals surface area contributed by atoms with E-state index in [0.717, 1.165) is 33.4 Å². The Morgan fingerprint density at radius 2 is 1.82 bits per heavy atom. The standard InChI is InChI=1S/C26H21F2N3O3.H2/c1-14-3-8-22(30-23(14)16-4-6-19-17(12-16)11-15(2)29-19)31-24(32)25(9-10-25)18-5-7-20-21(13-18)34-26(27,28)33-20;/h3-8,11-13,29H,9-10H2,1-2H3,(H,30,31,32);1H. The summed E-state index contributed by atoms with van der Waals surface area (Å²) in [5, 5.41) is 4.02. The molecule has 0 radical (unpaired) electrons. The van der Waals surface area contributed by atoms with Crippen molar-refractivity contribution in [3.8, 4) is 22.8 Å². The molecule has 1 fully saturated rings. The number of benzene rings is 2. The van der Waals surface area contributed by atoms with Gasteiger partial charge in [0.05, 0.1) is 11.1 Å². The Bertz CT molecular complexity index is 1480. The van der Waals surface area contributed by atoms with Crippen LogP contribution in [-0.2, 0) is 10.2 Å². The lowest BCUT2D eigenvalue weighted by molar-refractivity contribution is -0.286. The maximum atomic E-state index is 13.4. The van der Waals surface area contributed by atoms with Gasteiger partial charge in [-0.1, -0.05) is 18.2 Å². The topological polar surface area (TPSA) is 76.2 Å². The number of carbonyl (C=O) groups is 1. The van der Waals surface area contributed by atoms with Gasteiger partial charge in [0, 0.05) is 23.6 Å². The first-order valence-electron chi connectivity index (χ1n) is 11.0. The number of aromatic nitrogens is 2. The lowest BCUT2D eigenvalue weighted by Crippen LogP contribution is -2.28. The first-order chi connectivity index (χ1) is 16.2. The van der Waals surface area contributed by atoms with Gasteiger partial charge in [0.1, 0.15) is 5.82 Å². The summed E-state index contributed by atoms with van der Waals surface area (Å²) >= 11 is 0. The highest BCUT2D eigenvalue weighted by molar-refractivity contribution is 6.01. The van der Waals surface area contributed by atoms with Crippen LogP contribution < -0.4 is 14.8 Å². The number of nitrogens with one attached hydrogen (secondary N) is 2. The fourth-order valence-electron chi connectivity index (χ4n) is 4.57. The summed E-state index contributed by atoms with van der Waals surface area (Å²) in [6.45, 7) is 3.99.